The van der Waals surface area contributed by atoms with Crippen LogP contribution in [0.15, 0.2) is 42.6 Å². The molecule has 0 aliphatic heterocycles. The van der Waals surface area contributed by atoms with E-state index in [1.54, 1.807) is 37.4 Å². The minimum Gasteiger partial charge on any atom is -0.387 e. The van der Waals surface area contributed by atoms with Crippen LogP contribution in [0.5, 0.6) is 0 Å². The molecule has 0 aliphatic rings. The molecule has 2 N–H and O–H groups in total. The molecule has 0 radical (unpaired) electrons. The van der Waals surface area contributed by atoms with Crippen molar-refractivity contribution in [3.63, 3.8) is 0 Å². The second kappa shape index (κ2) is 12.0. The van der Waals surface area contributed by atoms with Gasteiger partial charge in [-0.15, -0.1) is 0 Å². The minimum absolute atomic E-state index is 0.00480. The molecule has 1 aromatic heterocycles. The fourth-order valence-electron chi connectivity index (χ4n) is 3.25. The summed E-state index contributed by atoms with van der Waals surface area (Å²) >= 11 is 5.82. The smallest absolute Gasteiger partial charge is 0.253 e. The molecule has 30 heavy (non-hydrogen) atoms. The van der Waals surface area contributed by atoms with Crippen LogP contribution in [-0.4, -0.2) is 60.3 Å². The summed E-state index contributed by atoms with van der Waals surface area (Å²) in [4.78, 5) is 18.2. The van der Waals surface area contributed by atoms with E-state index in [2.05, 4.69) is 10.3 Å². The third-order valence-electron chi connectivity index (χ3n) is 5.21. The number of halogens is 1. The van der Waals surface area contributed by atoms with E-state index in [9.17, 15) is 9.90 Å². The highest BCUT2D eigenvalue weighted by Gasteiger charge is 2.19. The normalized spacial score (nSPS) is 14.2. The quantitative estimate of drug-likeness (QED) is 0.530. The van der Waals surface area contributed by atoms with E-state index >= 15 is 0 Å². The van der Waals surface area contributed by atoms with E-state index in [1.807, 2.05) is 38.1 Å². The van der Waals surface area contributed by atoms with Crippen molar-refractivity contribution in [1.29, 1.82) is 0 Å². The molecule has 0 saturated carbocycles. The molecule has 0 spiro atoms. The lowest BCUT2D eigenvalue weighted by atomic mass is 10.0. The Hall–Kier alpha value is -1.99. The Balaban J connectivity index is 1.86. The number of nitrogens with one attached hydrogen (secondary N) is 1. The predicted molar refractivity (Wildman–Crippen MR) is 120 cm³/mol. The van der Waals surface area contributed by atoms with Crippen molar-refractivity contribution in [2.75, 3.05) is 27.2 Å². The van der Waals surface area contributed by atoms with Crippen LogP contribution in [0.4, 0.5) is 0 Å². The Morgan fingerprint density at radius 2 is 1.97 bits per heavy atom. The lowest BCUT2D eigenvalue weighted by molar-refractivity contribution is 0.0600. The van der Waals surface area contributed by atoms with Crippen molar-refractivity contribution in [2.24, 2.45) is 0 Å². The van der Waals surface area contributed by atoms with Gasteiger partial charge in [-0.1, -0.05) is 36.7 Å². The van der Waals surface area contributed by atoms with Gasteiger partial charge in [-0.25, -0.2) is 4.98 Å². The van der Waals surface area contributed by atoms with Crippen LogP contribution in [-0.2, 0) is 11.2 Å². The zero-order valence-electron chi connectivity index (χ0n) is 18.1. The molecule has 164 valence electrons. The molecule has 0 fully saturated rings. The summed E-state index contributed by atoms with van der Waals surface area (Å²) in [5.74, 6) is -0.0191. The molecule has 1 heterocycles. The fraction of sp³-hybridized carbons (Fsp3) is 0.478. The number of amides is 1. The van der Waals surface area contributed by atoms with Gasteiger partial charge in [-0.3, -0.25) is 4.79 Å². The molecule has 1 amide bonds. The number of hydrogen-bond donors (Lipinski definition) is 2. The summed E-state index contributed by atoms with van der Waals surface area (Å²) in [5, 5.41) is 14.4. The molecule has 1 unspecified atom stereocenters. The second-order valence-electron chi connectivity index (χ2n) is 7.51. The molecule has 0 bridgehead atoms. The maximum absolute atomic E-state index is 12.5. The number of carbonyl (C=O) groups is 1. The molecule has 2 rings (SSSR count). The van der Waals surface area contributed by atoms with Crippen LogP contribution < -0.4 is 5.32 Å². The molecule has 0 aliphatic carbocycles. The van der Waals surface area contributed by atoms with Gasteiger partial charge in [-0.2, -0.15) is 0 Å². The van der Waals surface area contributed by atoms with E-state index in [4.69, 9.17) is 16.3 Å². The molecular formula is C23H32ClN3O3. The maximum atomic E-state index is 12.5. The number of benzene rings is 1. The number of likely N-dealkylation sites (N-methyl/N-ethyl adjacent to an activating group) is 1. The van der Waals surface area contributed by atoms with Crippen molar-refractivity contribution in [3.8, 4) is 0 Å². The van der Waals surface area contributed by atoms with Crippen LogP contribution in [0.3, 0.4) is 0 Å². The number of aromatic nitrogens is 1. The third-order valence-corrected chi connectivity index (χ3v) is 5.44. The van der Waals surface area contributed by atoms with Gasteiger partial charge in [0, 0.05) is 44.1 Å². The number of methoxy groups -OCH3 is 1. The summed E-state index contributed by atoms with van der Waals surface area (Å²) in [5.41, 5.74) is 2.53. The second-order valence-corrected chi connectivity index (χ2v) is 7.89. The van der Waals surface area contributed by atoms with E-state index in [0.29, 0.717) is 17.3 Å². The molecule has 7 heteroatoms. The number of pyridine rings is 1. The first-order valence-corrected chi connectivity index (χ1v) is 10.6. The molecule has 0 saturated heterocycles. The van der Waals surface area contributed by atoms with Crippen LogP contribution in [0, 0.1) is 0 Å². The van der Waals surface area contributed by atoms with Crippen LogP contribution in [0.2, 0.25) is 5.15 Å². The monoisotopic (exact) mass is 433 g/mol. The summed E-state index contributed by atoms with van der Waals surface area (Å²) < 4.78 is 5.22. The highest BCUT2D eigenvalue weighted by molar-refractivity contribution is 6.29. The van der Waals surface area contributed by atoms with Crippen molar-refractivity contribution in [3.05, 3.63) is 64.4 Å². The number of carbonyl (C=O) groups excluding carboxylic acids is 1. The molecular weight excluding hydrogens is 402 g/mol. The number of rotatable bonds is 11. The zero-order chi connectivity index (χ0) is 22.1. The fourth-order valence-corrected chi connectivity index (χ4v) is 3.36. The van der Waals surface area contributed by atoms with E-state index < -0.39 is 6.10 Å². The number of aliphatic hydroxyl groups is 1. The lowest BCUT2D eigenvalue weighted by Gasteiger charge is -2.23. The lowest BCUT2D eigenvalue weighted by Crippen LogP contribution is -2.35. The number of hydrogen-bond acceptors (Lipinski definition) is 5. The van der Waals surface area contributed by atoms with Crippen molar-refractivity contribution in [2.45, 2.75) is 44.9 Å². The maximum Gasteiger partial charge on any atom is 0.253 e. The molecule has 6 nitrogen and oxygen atoms in total. The summed E-state index contributed by atoms with van der Waals surface area (Å²) in [6.45, 7) is 5.23. The topological polar surface area (TPSA) is 74.7 Å². The van der Waals surface area contributed by atoms with Crippen LogP contribution in [0.1, 0.15) is 47.9 Å². The Kier molecular flexibility index (Phi) is 9.72. The van der Waals surface area contributed by atoms with Crippen molar-refractivity contribution in [1.82, 2.24) is 15.2 Å². The summed E-state index contributed by atoms with van der Waals surface area (Å²) in [7, 11) is 3.42. The molecule has 1 aromatic carbocycles. The zero-order valence-corrected chi connectivity index (χ0v) is 18.9. The average molecular weight is 434 g/mol. The van der Waals surface area contributed by atoms with Crippen molar-refractivity contribution >= 4 is 17.5 Å². The van der Waals surface area contributed by atoms with Crippen LogP contribution in [0.25, 0.3) is 0 Å². The Labute approximate surface area is 184 Å². The highest BCUT2D eigenvalue weighted by Crippen LogP contribution is 2.19. The average Bonchev–Trinajstić information content (AvgIpc) is 2.76. The van der Waals surface area contributed by atoms with E-state index in [1.165, 1.54) is 0 Å². The van der Waals surface area contributed by atoms with Gasteiger partial charge < -0.3 is 20.1 Å². The first-order valence-electron chi connectivity index (χ1n) is 10.3. The molecule has 3 atom stereocenters. The number of aliphatic hydroxyl groups excluding tert-OH is 1. The van der Waals surface area contributed by atoms with Crippen molar-refractivity contribution < 1.29 is 14.6 Å². The first-order chi connectivity index (χ1) is 14.3. The summed E-state index contributed by atoms with van der Waals surface area (Å²) in [6, 6.07) is 11.1. The Morgan fingerprint density at radius 1 is 1.27 bits per heavy atom. The van der Waals surface area contributed by atoms with Gasteiger partial charge >= 0.3 is 0 Å². The van der Waals surface area contributed by atoms with Gasteiger partial charge in [-0.05, 0) is 50.1 Å². The first kappa shape index (κ1) is 24.3. The number of ether oxygens (including phenoxy) is 1. The van der Waals surface area contributed by atoms with Gasteiger partial charge in [0.1, 0.15) is 5.15 Å². The van der Waals surface area contributed by atoms with Gasteiger partial charge in [0.15, 0.2) is 0 Å². The van der Waals surface area contributed by atoms with E-state index in [0.717, 1.165) is 30.5 Å². The van der Waals surface area contributed by atoms with Gasteiger partial charge in [0.05, 0.1) is 12.2 Å². The van der Waals surface area contributed by atoms with Gasteiger partial charge in [0.2, 0.25) is 0 Å². The predicted octanol–water partition coefficient (Wildman–Crippen LogP) is 3.49. The highest BCUT2D eigenvalue weighted by atomic mass is 35.5. The Morgan fingerprint density at radius 3 is 2.53 bits per heavy atom. The van der Waals surface area contributed by atoms with Gasteiger partial charge in [0.25, 0.3) is 5.91 Å². The van der Waals surface area contributed by atoms with Crippen LogP contribution >= 0.6 is 11.6 Å². The summed E-state index contributed by atoms with van der Waals surface area (Å²) in [6.07, 6.45) is 2.54. The Bertz CT molecular complexity index is 783. The minimum atomic E-state index is -0.648. The van der Waals surface area contributed by atoms with E-state index in [-0.39, 0.29) is 18.1 Å². The standard InChI is InChI=1S/C23H32ClN3O3/c1-5-20(22(28)19-10-11-21(24)26-14-19)25-13-12-17-6-8-18(9-7-17)23(29)27(3)15-16(2)30-4/h6-11,14,16,20,22,25,28H,5,12-13,15H2,1-4H3/t16?,20-,22-/m1/s1. The largest absolute Gasteiger partial charge is 0.387 e. The number of nitrogens with zero attached hydrogens (tertiary/aromatic N) is 2. The SMILES string of the molecule is CC[C@@H](NCCc1ccc(C(=O)N(C)CC(C)OC)cc1)[C@H](O)c1ccc(Cl)nc1. The molecule has 2 aromatic rings. The third kappa shape index (κ3) is 7.06.